The van der Waals surface area contributed by atoms with E-state index in [-0.39, 0.29) is 0 Å². The zero-order valence-electron chi connectivity index (χ0n) is 12.1. The zero-order valence-corrected chi connectivity index (χ0v) is 12.9. The molecule has 2 rings (SSSR count). The van der Waals surface area contributed by atoms with E-state index < -0.39 is 0 Å². The number of aromatic nitrogens is 2. The highest BCUT2D eigenvalue weighted by Crippen LogP contribution is 2.23. The summed E-state index contributed by atoms with van der Waals surface area (Å²) in [6.07, 6.45) is 0. The van der Waals surface area contributed by atoms with Crippen molar-refractivity contribution >= 4 is 27.4 Å². The Kier molecular flexibility index (Phi) is 4.37. The number of hydrogen-bond acceptors (Lipinski definition) is 5. The van der Waals surface area contributed by atoms with Crippen LogP contribution >= 0.6 is 11.3 Å². The molecule has 0 saturated carbocycles. The predicted molar refractivity (Wildman–Crippen MR) is 82.2 cm³/mol. The van der Waals surface area contributed by atoms with Crippen LogP contribution in [0.5, 0.6) is 0 Å². The maximum atomic E-state index is 5.99. The van der Waals surface area contributed by atoms with Gasteiger partial charge in [0, 0.05) is 12.6 Å². The molecule has 0 aromatic carbocycles. The van der Waals surface area contributed by atoms with Crippen LogP contribution < -0.4 is 5.73 Å². The van der Waals surface area contributed by atoms with E-state index in [1.807, 2.05) is 11.4 Å². The van der Waals surface area contributed by atoms with E-state index in [0.717, 1.165) is 29.1 Å². The average molecular weight is 278 g/mol. The molecule has 5 heteroatoms. The third-order valence-corrected chi connectivity index (χ3v) is 3.88. The van der Waals surface area contributed by atoms with E-state index in [9.17, 15) is 0 Å². The van der Waals surface area contributed by atoms with Gasteiger partial charge in [-0.05, 0) is 31.2 Å². The van der Waals surface area contributed by atoms with E-state index in [1.54, 1.807) is 11.3 Å². The smallest absolute Gasteiger partial charge is 0.146 e. The lowest BCUT2D eigenvalue weighted by molar-refractivity contribution is 0.185. The molecular formula is C14H22N4S. The number of anilines is 1. The van der Waals surface area contributed by atoms with Gasteiger partial charge in [0.25, 0.3) is 0 Å². The number of hydrogen-bond donors (Lipinski definition) is 1. The zero-order chi connectivity index (χ0) is 14.0. The molecule has 2 aromatic heterocycles. The van der Waals surface area contributed by atoms with Gasteiger partial charge in [-0.15, -0.1) is 11.3 Å². The number of nitrogen functional groups attached to an aromatic ring is 1. The van der Waals surface area contributed by atoms with Gasteiger partial charge in [0.2, 0.25) is 0 Å². The predicted octanol–water partition coefficient (Wildman–Crippen LogP) is 3.14. The fraction of sp³-hybridized carbons (Fsp3) is 0.571. The molecule has 2 aromatic rings. The van der Waals surface area contributed by atoms with Crippen molar-refractivity contribution < 1.29 is 0 Å². The number of nitrogens with two attached hydrogens (primary N) is 1. The van der Waals surface area contributed by atoms with Gasteiger partial charge in [0.05, 0.1) is 11.9 Å². The summed E-state index contributed by atoms with van der Waals surface area (Å²) in [4.78, 5) is 12.4. The van der Waals surface area contributed by atoms with Crippen LogP contribution in [0.2, 0.25) is 0 Å². The van der Waals surface area contributed by atoms with Gasteiger partial charge in [-0.3, -0.25) is 4.90 Å². The number of rotatable bonds is 5. The van der Waals surface area contributed by atoms with Gasteiger partial charge in [-0.2, -0.15) is 0 Å². The molecule has 4 nitrogen and oxygen atoms in total. The second kappa shape index (κ2) is 5.84. The summed E-state index contributed by atoms with van der Waals surface area (Å²) in [6.45, 7) is 10.7. The fourth-order valence-electron chi connectivity index (χ4n) is 2.10. The molecule has 0 aliphatic carbocycles. The Bertz CT molecular complexity index is 547. The van der Waals surface area contributed by atoms with Crippen LogP contribution in [-0.4, -0.2) is 27.5 Å². The van der Waals surface area contributed by atoms with Gasteiger partial charge in [0.1, 0.15) is 16.5 Å². The lowest BCUT2D eigenvalue weighted by Crippen LogP contribution is -2.34. The fourth-order valence-corrected chi connectivity index (χ4v) is 2.89. The van der Waals surface area contributed by atoms with Gasteiger partial charge >= 0.3 is 0 Å². The van der Waals surface area contributed by atoms with Crippen LogP contribution in [0.3, 0.4) is 0 Å². The lowest BCUT2D eigenvalue weighted by Gasteiger charge is -2.27. The normalized spacial score (nSPS) is 12.2. The summed E-state index contributed by atoms with van der Waals surface area (Å²) >= 11 is 1.62. The number of nitrogens with zero attached hydrogens (tertiary/aromatic N) is 3. The Morgan fingerprint density at radius 2 is 2.00 bits per heavy atom. The largest absolute Gasteiger partial charge is 0.383 e. The van der Waals surface area contributed by atoms with Gasteiger partial charge in [0.15, 0.2) is 0 Å². The Morgan fingerprint density at radius 1 is 1.26 bits per heavy atom. The number of thiophene rings is 1. The minimum atomic E-state index is 0.478. The molecule has 19 heavy (non-hydrogen) atoms. The van der Waals surface area contributed by atoms with Gasteiger partial charge < -0.3 is 5.73 Å². The molecule has 0 saturated heterocycles. The molecular weight excluding hydrogens is 256 g/mol. The van der Waals surface area contributed by atoms with Crippen LogP contribution in [0, 0.1) is 5.92 Å². The Balaban J connectivity index is 2.23. The van der Waals surface area contributed by atoms with Crippen LogP contribution in [-0.2, 0) is 6.54 Å². The molecule has 2 heterocycles. The number of fused-ring (bicyclic) bond motifs is 1. The summed E-state index contributed by atoms with van der Waals surface area (Å²) in [6, 6.07) is 2.46. The second-order valence-corrected chi connectivity index (χ2v) is 6.48. The molecule has 2 N–H and O–H groups in total. The van der Waals surface area contributed by atoms with Crippen molar-refractivity contribution in [3.05, 3.63) is 17.3 Å². The maximum absolute atomic E-state index is 5.99. The van der Waals surface area contributed by atoms with Crippen molar-refractivity contribution in [3.8, 4) is 0 Å². The summed E-state index contributed by atoms with van der Waals surface area (Å²) in [7, 11) is 0. The van der Waals surface area contributed by atoms with Crippen molar-refractivity contribution in [1.29, 1.82) is 0 Å². The lowest BCUT2D eigenvalue weighted by atomic mass is 10.2. The van der Waals surface area contributed by atoms with E-state index >= 15 is 0 Å². The van der Waals surface area contributed by atoms with Crippen molar-refractivity contribution in [1.82, 2.24) is 14.9 Å². The Labute approximate surface area is 118 Å². The summed E-state index contributed by atoms with van der Waals surface area (Å²) < 4.78 is 0. The highest BCUT2D eigenvalue weighted by atomic mass is 32.1. The SMILES string of the molecule is CC(C)CN(Cc1nc(N)c2ccsc2n1)C(C)C. The van der Waals surface area contributed by atoms with Crippen LogP contribution in [0.15, 0.2) is 11.4 Å². The Morgan fingerprint density at radius 3 is 2.63 bits per heavy atom. The monoisotopic (exact) mass is 278 g/mol. The van der Waals surface area contributed by atoms with Gasteiger partial charge in [-0.25, -0.2) is 9.97 Å². The van der Waals surface area contributed by atoms with E-state index in [1.165, 1.54) is 0 Å². The van der Waals surface area contributed by atoms with E-state index in [0.29, 0.717) is 17.8 Å². The average Bonchev–Trinajstić information content (AvgIpc) is 2.76. The minimum Gasteiger partial charge on any atom is -0.383 e. The third-order valence-electron chi connectivity index (χ3n) is 3.08. The summed E-state index contributed by atoms with van der Waals surface area (Å²) in [5.41, 5.74) is 5.99. The van der Waals surface area contributed by atoms with Crippen LogP contribution in [0.1, 0.15) is 33.5 Å². The summed E-state index contributed by atoms with van der Waals surface area (Å²) in [5, 5.41) is 2.97. The molecule has 0 bridgehead atoms. The summed E-state index contributed by atoms with van der Waals surface area (Å²) in [5.74, 6) is 2.04. The second-order valence-electron chi connectivity index (χ2n) is 5.58. The first-order valence-electron chi connectivity index (χ1n) is 6.71. The molecule has 0 fully saturated rings. The van der Waals surface area contributed by atoms with Crippen LogP contribution in [0.25, 0.3) is 10.2 Å². The quantitative estimate of drug-likeness (QED) is 0.913. The standard InChI is InChI=1S/C14H22N4S/c1-9(2)7-18(10(3)4)8-12-16-13(15)11-5-6-19-14(11)17-12/h5-6,9-10H,7-8H2,1-4H3,(H2,15,16,17). The first-order valence-corrected chi connectivity index (χ1v) is 7.59. The maximum Gasteiger partial charge on any atom is 0.146 e. The molecule has 0 unspecified atom stereocenters. The van der Waals surface area contributed by atoms with Crippen LogP contribution in [0.4, 0.5) is 5.82 Å². The van der Waals surface area contributed by atoms with Crippen molar-refractivity contribution in [2.45, 2.75) is 40.3 Å². The van der Waals surface area contributed by atoms with E-state index in [2.05, 4.69) is 42.6 Å². The topological polar surface area (TPSA) is 55.0 Å². The molecule has 104 valence electrons. The molecule has 0 aliphatic rings. The molecule has 0 radical (unpaired) electrons. The van der Waals surface area contributed by atoms with Crippen molar-refractivity contribution in [2.24, 2.45) is 5.92 Å². The van der Waals surface area contributed by atoms with Crippen molar-refractivity contribution in [3.63, 3.8) is 0 Å². The first kappa shape index (κ1) is 14.2. The van der Waals surface area contributed by atoms with Gasteiger partial charge in [-0.1, -0.05) is 13.8 Å². The van der Waals surface area contributed by atoms with Crippen molar-refractivity contribution in [2.75, 3.05) is 12.3 Å². The molecule has 0 amide bonds. The highest BCUT2D eigenvalue weighted by Gasteiger charge is 2.15. The Hall–Kier alpha value is -1.20. The molecule has 0 aliphatic heterocycles. The third kappa shape index (κ3) is 3.42. The molecule has 0 spiro atoms. The first-order chi connectivity index (χ1) is 8.97. The molecule has 0 atom stereocenters. The highest BCUT2D eigenvalue weighted by molar-refractivity contribution is 7.16. The minimum absolute atomic E-state index is 0.478. The van der Waals surface area contributed by atoms with E-state index in [4.69, 9.17) is 5.73 Å².